The van der Waals surface area contributed by atoms with E-state index in [9.17, 15) is 0 Å². The molecule has 0 spiro atoms. The SMILES string of the molecule is CCCCCCNc1ccc2ncc(-c3cccc(CC)c3)n2n1. The van der Waals surface area contributed by atoms with E-state index in [-0.39, 0.29) is 0 Å². The molecule has 0 saturated carbocycles. The number of nitrogens with zero attached hydrogens (tertiary/aromatic N) is 3. The van der Waals surface area contributed by atoms with Gasteiger partial charge in [-0.05, 0) is 36.6 Å². The Balaban J connectivity index is 1.80. The van der Waals surface area contributed by atoms with Crippen LogP contribution in [0, 0.1) is 0 Å². The van der Waals surface area contributed by atoms with Crippen LogP contribution in [0.1, 0.15) is 45.1 Å². The van der Waals surface area contributed by atoms with Gasteiger partial charge in [0.15, 0.2) is 5.65 Å². The van der Waals surface area contributed by atoms with E-state index in [1.54, 1.807) is 0 Å². The van der Waals surface area contributed by atoms with Crippen LogP contribution in [0.3, 0.4) is 0 Å². The van der Waals surface area contributed by atoms with Gasteiger partial charge in [0.25, 0.3) is 0 Å². The van der Waals surface area contributed by atoms with Crippen molar-refractivity contribution >= 4 is 11.5 Å². The second-order valence-electron chi connectivity index (χ2n) is 6.17. The smallest absolute Gasteiger partial charge is 0.154 e. The highest BCUT2D eigenvalue weighted by atomic mass is 15.3. The maximum Gasteiger partial charge on any atom is 0.154 e. The molecule has 126 valence electrons. The van der Waals surface area contributed by atoms with E-state index < -0.39 is 0 Å². The number of nitrogens with one attached hydrogen (secondary N) is 1. The Hall–Kier alpha value is -2.36. The predicted octanol–water partition coefficient (Wildman–Crippen LogP) is 4.95. The molecule has 3 rings (SSSR count). The molecule has 0 aliphatic heterocycles. The predicted molar refractivity (Wildman–Crippen MR) is 100 cm³/mol. The van der Waals surface area contributed by atoms with Gasteiger partial charge in [-0.25, -0.2) is 9.50 Å². The van der Waals surface area contributed by atoms with Gasteiger partial charge in [-0.3, -0.25) is 0 Å². The summed E-state index contributed by atoms with van der Waals surface area (Å²) in [5, 5.41) is 8.15. The van der Waals surface area contributed by atoms with E-state index in [0.29, 0.717) is 0 Å². The Morgan fingerprint density at radius 3 is 2.79 bits per heavy atom. The summed E-state index contributed by atoms with van der Waals surface area (Å²) in [5.74, 6) is 0.907. The molecule has 4 nitrogen and oxygen atoms in total. The monoisotopic (exact) mass is 322 g/mol. The molecule has 2 aromatic heterocycles. The van der Waals surface area contributed by atoms with Gasteiger partial charge >= 0.3 is 0 Å². The first-order chi connectivity index (χ1) is 11.8. The highest BCUT2D eigenvalue weighted by Gasteiger charge is 2.08. The van der Waals surface area contributed by atoms with Crippen molar-refractivity contribution in [2.24, 2.45) is 0 Å². The molecular weight excluding hydrogens is 296 g/mol. The normalized spacial score (nSPS) is 11.1. The highest BCUT2D eigenvalue weighted by molar-refractivity contribution is 5.64. The summed E-state index contributed by atoms with van der Waals surface area (Å²) in [5.41, 5.74) is 4.40. The van der Waals surface area contributed by atoms with Crippen molar-refractivity contribution < 1.29 is 0 Å². The van der Waals surface area contributed by atoms with Crippen molar-refractivity contribution in [3.8, 4) is 11.3 Å². The minimum atomic E-state index is 0.878. The van der Waals surface area contributed by atoms with Crippen molar-refractivity contribution in [2.75, 3.05) is 11.9 Å². The zero-order valence-corrected chi connectivity index (χ0v) is 14.6. The fraction of sp³-hybridized carbons (Fsp3) is 0.400. The fourth-order valence-electron chi connectivity index (χ4n) is 2.88. The molecule has 0 fully saturated rings. The Morgan fingerprint density at radius 2 is 1.96 bits per heavy atom. The molecule has 0 bridgehead atoms. The van der Waals surface area contributed by atoms with E-state index >= 15 is 0 Å². The van der Waals surface area contributed by atoms with Crippen LogP contribution in [0.15, 0.2) is 42.6 Å². The standard InChI is InChI=1S/C20H26N4/c1-3-5-6-7-13-21-19-11-12-20-22-15-18(24(20)23-19)17-10-8-9-16(4-2)14-17/h8-12,14-15H,3-7,13H2,1-2H3,(H,21,23). The molecule has 2 heterocycles. The van der Waals surface area contributed by atoms with Crippen molar-refractivity contribution in [2.45, 2.75) is 46.0 Å². The van der Waals surface area contributed by atoms with Gasteiger partial charge in [-0.2, -0.15) is 0 Å². The van der Waals surface area contributed by atoms with Gasteiger partial charge in [0.05, 0.1) is 11.9 Å². The van der Waals surface area contributed by atoms with E-state index in [2.05, 4.69) is 48.4 Å². The summed E-state index contributed by atoms with van der Waals surface area (Å²) < 4.78 is 1.93. The van der Waals surface area contributed by atoms with Crippen molar-refractivity contribution in [3.63, 3.8) is 0 Å². The minimum absolute atomic E-state index is 0.878. The summed E-state index contributed by atoms with van der Waals surface area (Å²) in [6, 6.07) is 12.6. The summed E-state index contributed by atoms with van der Waals surface area (Å²) in [6.45, 7) is 5.37. The Labute approximate surface area is 143 Å². The number of hydrogen-bond acceptors (Lipinski definition) is 3. The van der Waals surface area contributed by atoms with Crippen molar-refractivity contribution in [1.82, 2.24) is 14.6 Å². The largest absolute Gasteiger partial charge is 0.369 e. The van der Waals surface area contributed by atoms with Gasteiger partial charge in [0.1, 0.15) is 5.82 Å². The lowest BCUT2D eigenvalue weighted by Crippen LogP contribution is -2.06. The number of rotatable bonds is 8. The van der Waals surface area contributed by atoms with Gasteiger partial charge in [-0.15, -0.1) is 5.10 Å². The third-order valence-corrected chi connectivity index (χ3v) is 4.33. The molecule has 4 heteroatoms. The van der Waals surface area contributed by atoms with Crippen LogP contribution >= 0.6 is 0 Å². The second kappa shape index (κ2) is 7.95. The van der Waals surface area contributed by atoms with E-state index in [0.717, 1.165) is 35.7 Å². The van der Waals surface area contributed by atoms with Crippen LogP contribution in [-0.2, 0) is 6.42 Å². The summed E-state index contributed by atoms with van der Waals surface area (Å²) >= 11 is 0. The lowest BCUT2D eigenvalue weighted by atomic mass is 10.1. The van der Waals surface area contributed by atoms with Crippen LogP contribution in [-0.4, -0.2) is 21.1 Å². The number of benzene rings is 1. The van der Waals surface area contributed by atoms with Crippen LogP contribution in [0.25, 0.3) is 16.9 Å². The summed E-state index contributed by atoms with van der Waals surface area (Å²) in [4.78, 5) is 4.49. The zero-order chi connectivity index (χ0) is 16.8. The average Bonchev–Trinajstić information content (AvgIpc) is 3.05. The van der Waals surface area contributed by atoms with E-state index in [1.165, 1.54) is 31.2 Å². The average molecular weight is 322 g/mol. The fourth-order valence-corrected chi connectivity index (χ4v) is 2.88. The third kappa shape index (κ3) is 3.75. The minimum Gasteiger partial charge on any atom is -0.369 e. The molecule has 0 aliphatic rings. The van der Waals surface area contributed by atoms with Gasteiger partial charge in [0, 0.05) is 12.1 Å². The molecule has 1 aromatic carbocycles. The lowest BCUT2D eigenvalue weighted by Gasteiger charge is -2.07. The zero-order valence-electron chi connectivity index (χ0n) is 14.6. The quantitative estimate of drug-likeness (QED) is 0.597. The first-order valence-corrected chi connectivity index (χ1v) is 8.99. The first-order valence-electron chi connectivity index (χ1n) is 8.99. The number of aromatic nitrogens is 3. The number of fused-ring (bicyclic) bond motifs is 1. The van der Waals surface area contributed by atoms with Gasteiger partial charge in [0.2, 0.25) is 0 Å². The number of hydrogen-bond donors (Lipinski definition) is 1. The van der Waals surface area contributed by atoms with E-state index in [4.69, 9.17) is 5.10 Å². The molecule has 0 unspecified atom stereocenters. The lowest BCUT2D eigenvalue weighted by molar-refractivity contribution is 0.683. The molecule has 0 saturated heterocycles. The first kappa shape index (κ1) is 16.5. The third-order valence-electron chi connectivity index (χ3n) is 4.33. The van der Waals surface area contributed by atoms with Crippen molar-refractivity contribution in [1.29, 1.82) is 0 Å². The highest BCUT2D eigenvalue weighted by Crippen LogP contribution is 2.22. The molecule has 0 radical (unpaired) electrons. The van der Waals surface area contributed by atoms with Crippen LogP contribution in [0.2, 0.25) is 0 Å². The van der Waals surface area contributed by atoms with Crippen LogP contribution in [0.4, 0.5) is 5.82 Å². The molecule has 1 N–H and O–H groups in total. The number of imidazole rings is 1. The van der Waals surface area contributed by atoms with Gasteiger partial charge in [-0.1, -0.05) is 51.3 Å². The Kier molecular flexibility index (Phi) is 5.47. The maximum absolute atomic E-state index is 4.73. The Bertz CT molecular complexity index is 791. The van der Waals surface area contributed by atoms with Gasteiger partial charge < -0.3 is 5.32 Å². The maximum atomic E-state index is 4.73. The molecule has 3 aromatic rings. The van der Waals surface area contributed by atoms with E-state index in [1.807, 2.05) is 22.8 Å². The molecule has 0 atom stereocenters. The number of unbranched alkanes of at least 4 members (excludes halogenated alkanes) is 3. The second-order valence-corrected chi connectivity index (χ2v) is 6.17. The molecule has 0 amide bonds. The number of aryl methyl sites for hydroxylation is 1. The van der Waals surface area contributed by atoms with Crippen LogP contribution in [0.5, 0.6) is 0 Å². The van der Waals surface area contributed by atoms with Crippen molar-refractivity contribution in [3.05, 3.63) is 48.2 Å². The molecule has 0 aliphatic carbocycles. The molecule has 24 heavy (non-hydrogen) atoms. The number of anilines is 1. The summed E-state index contributed by atoms with van der Waals surface area (Å²) in [6.07, 6.45) is 7.95. The summed E-state index contributed by atoms with van der Waals surface area (Å²) in [7, 11) is 0. The topological polar surface area (TPSA) is 42.2 Å². The Morgan fingerprint density at radius 1 is 1.04 bits per heavy atom. The molecular formula is C20H26N4. The van der Waals surface area contributed by atoms with Crippen LogP contribution < -0.4 is 5.32 Å².